The van der Waals surface area contributed by atoms with E-state index in [4.69, 9.17) is 16.3 Å². The first-order valence-electron chi connectivity index (χ1n) is 10.1. The van der Waals surface area contributed by atoms with Gasteiger partial charge in [0.15, 0.2) is 0 Å². The molecule has 0 fully saturated rings. The number of benzene rings is 2. The Morgan fingerprint density at radius 3 is 2.40 bits per heavy atom. The summed E-state index contributed by atoms with van der Waals surface area (Å²) >= 11 is 5.86. The van der Waals surface area contributed by atoms with Crippen LogP contribution >= 0.6 is 11.6 Å². The summed E-state index contributed by atoms with van der Waals surface area (Å²) < 4.78 is 85.7. The molecule has 184 valence electrons. The fourth-order valence-corrected chi connectivity index (χ4v) is 4.17. The molecule has 1 unspecified atom stereocenters. The molecule has 0 saturated heterocycles. The summed E-state index contributed by atoms with van der Waals surface area (Å²) in [7, 11) is 0. The van der Waals surface area contributed by atoms with Crippen LogP contribution in [0.1, 0.15) is 45.0 Å². The molecule has 0 aliphatic carbocycles. The van der Waals surface area contributed by atoms with Crippen LogP contribution in [0, 0.1) is 0 Å². The number of H-pyrrole nitrogens is 1. The first kappa shape index (κ1) is 24.6. The molecule has 0 spiro atoms. The third-order valence-electron chi connectivity index (χ3n) is 5.48. The van der Waals surface area contributed by atoms with E-state index in [0.29, 0.717) is 0 Å². The second-order valence-electron chi connectivity index (χ2n) is 7.75. The highest BCUT2D eigenvalue weighted by Crippen LogP contribution is 2.45. The number of aromatic nitrogens is 1. The fraction of sp³-hybridized carbons (Fsp3) is 0.217. The number of hydrogen-bond donors (Lipinski definition) is 2. The quantitative estimate of drug-likeness (QED) is 0.405. The number of amides is 1. The summed E-state index contributed by atoms with van der Waals surface area (Å²) in [4.78, 5) is 26.9. The lowest BCUT2D eigenvalue weighted by Gasteiger charge is -2.29. The van der Waals surface area contributed by atoms with Gasteiger partial charge in [0.2, 0.25) is 5.56 Å². The van der Waals surface area contributed by atoms with Crippen LogP contribution in [0.2, 0.25) is 5.02 Å². The Morgan fingerprint density at radius 1 is 1.00 bits per heavy atom. The predicted molar refractivity (Wildman–Crippen MR) is 115 cm³/mol. The number of nitrogens with one attached hydrogen (secondary N) is 2. The Balaban J connectivity index is 1.85. The van der Waals surface area contributed by atoms with Crippen molar-refractivity contribution in [2.45, 2.75) is 24.7 Å². The fourth-order valence-electron chi connectivity index (χ4n) is 3.90. The number of carbonyl (C=O) groups excluding carboxylic acids is 1. The minimum absolute atomic E-state index is 0.0852. The second-order valence-corrected chi connectivity index (χ2v) is 8.16. The van der Waals surface area contributed by atoms with Gasteiger partial charge < -0.3 is 15.0 Å². The Bertz CT molecular complexity index is 1350. The van der Waals surface area contributed by atoms with E-state index in [9.17, 15) is 35.9 Å². The number of aromatic amines is 1. The van der Waals surface area contributed by atoms with Gasteiger partial charge in [0.05, 0.1) is 22.8 Å². The van der Waals surface area contributed by atoms with Crippen LogP contribution in [-0.4, -0.2) is 17.5 Å². The molecule has 2 aromatic carbocycles. The molecule has 2 heterocycles. The zero-order valence-electron chi connectivity index (χ0n) is 17.5. The van der Waals surface area contributed by atoms with Crippen molar-refractivity contribution in [3.8, 4) is 5.75 Å². The van der Waals surface area contributed by atoms with E-state index in [2.05, 4.69) is 10.3 Å². The highest BCUT2D eigenvalue weighted by molar-refractivity contribution is 6.32. The van der Waals surface area contributed by atoms with Crippen molar-refractivity contribution in [1.82, 2.24) is 4.98 Å². The molecule has 1 aliphatic rings. The molecule has 1 amide bonds. The van der Waals surface area contributed by atoms with Gasteiger partial charge in [-0.1, -0.05) is 17.7 Å². The molecular formula is C23H15ClF6N2O3. The molecular weight excluding hydrogens is 502 g/mol. The summed E-state index contributed by atoms with van der Waals surface area (Å²) in [6.07, 6.45) is -8.12. The predicted octanol–water partition coefficient (Wildman–Crippen LogP) is 6.23. The van der Waals surface area contributed by atoms with Crippen molar-refractivity contribution in [3.63, 3.8) is 0 Å². The average molecular weight is 517 g/mol. The van der Waals surface area contributed by atoms with E-state index in [1.165, 1.54) is 12.3 Å². The molecule has 0 bridgehead atoms. The zero-order valence-corrected chi connectivity index (χ0v) is 18.2. The normalized spacial score (nSPS) is 15.8. The third-order valence-corrected chi connectivity index (χ3v) is 5.79. The minimum atomic E-state index is -4.85. The molecule has 3 aromatic rings. The van der Waals surface area contributed by atoms with Gasteiger partial charge in [-0.05, 0) is 42.3 Å². The monoisotopic (exact) mass is 516 g/mol. The minimum Gasteiger partial charge on any atom is -0.493 e. The number of hydrogen-bond acceptors (Lipinski definition) is 3. The summed E-state index contributed by atoms with van der Waals surface area (Å²) in [5.41, 5.74) is -2.72. The van der Waals surface area contributed by atoms with Crippen LogP contribution < -0.4 is 15.6 Å². The van der Waals surface area contributed by atoms with Crippen molar-refractivity contribution in [1.29, 1.82) is 0 Å². The van der Waals surface area contributed by atoms with Gasteiger partial charge in [0.1, 0.15) is 5.75 Å². The molecule has 35 heavy (non-hydrogen) atoms. The van der Waals surface area contributed by atoms with E-state index in [1.54, 1.807) is 0 Å². The van der Waals surface area contributed by atoms with E-state index in [1.807, 2.05) is 0 Å². The van der Waals surface area contributed by atoms with Crippen LogP contribution in [0.3, 0.4) is 0 Å². The van der Waals surface area contributed by atoms with Gasteiger partial charge in [0, 0.05) is 35.0 Å². The van der Waals surface area contributed by atoms with Crippen LogP contribution in [0.25, 0.3) is 0 Å². The number of anilines is 1. The first-order valence-corrected chi connectivity index (χ1v) is 10.5. The molecule has 0 saturated carbocycles. The maximum Gasteiger partial charge on any atom is 0.417 e. The summed E-state index contributed by atoms with van der Waals surface area (Å²) in [5, 5.41) is 1.71. The molecule has 0 radical (unpaired) electrons. The highest BCUT2D eigenvalue weighted by Gasteiger charge is 2.38. The molecule has 1 atom stereocenters. The number of ether oxygens (including phenoxy) is 1. The molecule has 5 nitrogen and oxygen atoms in total. The summed E-state index contributed by atoms with van der Waals surface area (Å²) in [5.74, 6) is -1.87. The molecule has 1 aliphatic heterocycles. The van der Waals surface area contributed by atoms with Gasteiger partial charge in [0.25, 0.3) is 5.91 Å². The van der Waals surface area contributed by atoms with Crippen molar-refractivity contribution >= 4 is 23.2 Å². The van der Waals surface area contributed by atoms with E-state index in [-0.39, 0.29) is 41.2 Å². The SMILES string of the molecule is O=C(Nc1cc[nH]c(=O)c1)c1cc(Cl)c(C(F)(F)F)cc1C1CCOc2cc(C(F)(F)F)ccc21. The maximum atomic E-state index is 13.6. The van der Waals surface area contributed by atoms with E-state index >= 15 is 0 Å². The number of pyridine rings is 1. The van der Waals surface area contributed by atoms with Gasteiger partial charge in [-0.15, -0.1) is 0 Å². The highest BCUT2D eigenvalue weighted by atomic mass is 35.5. The third kappa shape index (κ3) is 5.14. The molecule has 2 N–H and O–H groups in total. The number of halogens is 7. The van der Waals surface area contributed by atoms with E-state index in [0.717, 1.165) is 36.4 Å². The van der Waals surface area contributed by atoms with Crippen molar-refractivity contribution in [2.24, 2.45) is 0 Å². The van der Waals surface area contributed by atoms with Gasteiger partial charge in [-0.25, -0.2) is 0 Å². The van der Waals surface area contributed by atoms with Crippen LogP contribution in [-0.2, 0) is 12.4 Å². The molecule has 1 aromatic heterocycles. The molecule has 4 rings (SSSR count). The Labute approximate surface area is 198 Å². The smallest absolute Gasteiger partial charge is 0.417 e. The number of carbonyl (C=O) groups is 1. The largest absolute Gasteiger partial charge is 0.493 e. The lowest BCUT2D eigenvalue weighted by atomic mass is 9.82. The number of alkyl halides is 6. The first-order chi connectivity index (χ1) is 16.3. The average Bonchev–Trinajstić information content (AvgIpc) is 2.76. The van der Waals surface area contributed by atoms with Crippen molar-refractivity contribution < 1.29 is 35.9 Å². The lowest BCUT2D eigenvalue weighted by Crippen LogP contribution is -2.22. The van der Waals surface area contributed by atoms with Gasteiger partial charge in [-0.3, -0.25) is 9.59 Å². The summed E-state index contributed by atoms with van der Waals surface area (Å²) in [6, 6.07) is 6.74. The van der Waals surface area contributed by atoms with Crippen molar-refractivity contribution in [2.75, 3.05) is 11.9 Å². The Hall–Kier alpha value is -3.47. The Kier molecular flexibility index (Phi) is 6.31. The summed E-state index contributed by atoms with van der Waals surface area (Å²) in [6.45, 7) is -0.0852. The topological polar surface area (TPSA) is 71.2 Å². The number of rotatable bonds is 3. The van der Waals surface area contributed by atoms with Gasteiger partial charge in [-0.2, -0.15) is 26.3 Å². The number of fused-ring (bicyclic) bond motifs is 1. The lowest BCUT2D eigenvalue weighted by molar-refractivity contribution is -0.138. The van der Waals surface area contributed by atoms with Crippen LogP contribution in [0.15, 0.2) is 53.5 Å². The maximum absolute atomic E-state index is 13.6. The van der Waals surface area contributed by atoms with Crippen molar-refractivity contribution in [3.05, 3.63) is 91.9 Å². The van der Waals surface area contributed by atoms with Crippen LogP contribution in [0.4, 0.5) is 32.0 Å². The zero-order chi connectivity index (χ0) is 25.5. The van der Waals surface area contributed by atoms with E-state index < -0.39 is 45.9 Å². The Morgan fingerprint density at radius 2 is 1.74 bits per heavy atom. The molecule has 12 heteroatoms. The van der Waals surface area contributed by atoms with Gasteiger partial charge >= 0.3 is 12.4 Å². The standard InChI is InChI=1S/C23H15ClF6N2O3/c24-18-10-16(21(34)32-12-3-5-31-20(33)8-12)15(9-17(18)23(28,29)30)13-4-6-35-19-7-11(22(25,26)27)1-2-14(13)19/h1-3,5,7-10,13H,4,6H2,(H2,31,32,33,34). The van der Waals surface area contributed by atoms with Crippen LogP contribution in [0.5, 0.6) is 5.75 Å². The second kappa shape index (κ2) is 8.95.